The number of nitrogens with zero attached hydrogens (tertiary/aromatic N) is 2. The second kappa shape index (κ2) is 10.3. The quantitative estimate of drug-likeness (QED) is 0.382. The molecule has 1 aromatic heterocycles. The fourth-order valence-electron chi connectivity index (χ4n) is 3.33. The Morgan fingerprint density at radius 2 is 1.68 bits per heavy atom. The number of ether oxygens (including phenoxy) is 1. The third-order valence-corrected chi connectivity index (χ3v) is 5.23. The first kappa shape index (κ1) is 24.7. The van der Waals surface area contributed by atoms with Crippen LogP contribution in [0, 0.1) is 11.8 Å². The summed E-state index contributed by atoms with van der Waals surface area (Å²) in [5.74, 6) is 5.15. The van der Waals surface area contributed by atoms with Crippen LogP contribution in [0.25, 0.3) is 11.3 Å². The Hall–Kier alpha value is -3.93. The molecule has 0 saturated carbocycles. The maximum Gasteiger partial charge on any atom is 0.330 e. The van der Waals surface area contributed by atoms with Gasteiger partial charge in [0.15, 0.2) is 0 Å². The van der Waals surface area contributed by atoms with E-state index in [0.29, 0.717) is 11.3 Å². The molecule has 0 radical (unpaired) electrons. The summed E-state index contributed by atoms with van der Waals surface area (Å²) in [6, 6.07) is 15.4. The van der Waals surface area contributed by atoms with Gasteiger partial charge in [0.2, 0.25) is 0 Å². The highest BCUT2D eigenvalue weighted by Crippen LogP contribution is 2.20. The van der Waals surface area contributed by atoms with Gasteiger partial charge in [-0.05, 0) is 61.9 Å². The van der Waals surface area contributed by atoms with Crippen LogP contribution in [0.2, 0.25) is 0 Å². The predicted molar refractivity (Wildman–Crippen MR) is 129 cm³/mol. The van der Waals surface area contributed by atoms with Crippen molar-refractivity contribution in [2.45, 2.75) is 32.0 Å². The Labute approximate surface area is 198 Å². The smallest absolute Gasteiger partial charge is 0.330 e. The average molecular weight is 461 g/mol. The van der Waals surface area contributed by atoms with E-state index in [1.807, 2.05) is 37.4 Å². The zero-order valence-electron chi connectivity index (χ0n) is 19.6. The number of aliphatic hydroxyl groups excluding tert-OH is 1. The minimum atomic E-state index is -0.985. The maximum absolute atomic E-state index is 12.6. The van der Waals surface area contributed by atoms with E-state index in [2.05, 4.69) is 22.3 Å². The number of methoxy groups -OCH3 is 1. The molecule has 0 aliphatic heterocycles. The minimum Gasteiger partial charge on any atom is -0.467 e. The monoisotopic (exact) mass is 460 g/mol. The molecule has 1 unspecified atom stereocenters. The summed E-state index contributed by atoms with van der Waals surface area (Å²) in [6.45, 7) is 3.18. The molecule has 1 amide bonds. The van der Waals surface area contributed by atoms with Crippen LogP contribution in [-0.2, 0) is 23.2 Å². The van der Waals surface area contributed by atoms with Gasteiger partial charge in [-0.15, -0.1) is 0 Å². The van der Waals surface area contributed by atoms with E-state index < -0.39 is 23.5 Å². The van der Waals surface area contributed by atoms with Gasteiger partial charge in [-0.25, -0.2) is 4.79 Å². The molecular formula is C26H28N4O4. The number of carbonyl (C=O) groups is 2. The minimum absolute atomic E-state index is 0.102. The molecule has 0 fully saturated rings. The number of rotatable bonds is 6. The molecule has 2 aromatic carbocycles. The van der Waals surface area contributed by atoms with Gasteiger partial charge >= 0.3 is 5.97 Å². The zero-order chi connectivity index (χ0) is 24.9. The normalized spacial score (nSPS) is 11.8. The van der Waals surface area contributed by atoms with Crippen LogP contribution in [-0.4, -0.2) is 45.5 Å². The van der Waals surface area contributed by atoms with Gasteiger partial charge in [0.05, 0.1) is 25.1 Å². The number of esters is 1. The molecular weight excluding hydrogens is 432 g/mol. The van der Waals surface area contributed by atoms with Crippen molar-refractivity contribution in [1.29, 1.82) is 0 Å². The Morgan fingerprint density at radius 3 is 2.15 bits per heavy atom. The molecule has 1 atom stereocenters. The molecule has 0 bridgehead atoms. The lowest BCUT2D eigenvalue weighted by molar-refractivity contribution is -0.144. The van der Waals surface area contributed by atoms with E-state index in [1.54, 1.807) is 42.8 Å². The van der Waals surface area contributed by atoms with Crippen LogP contribution < -0.4 is 11.1 Å². The number of hydrogen-bond acceptors (Lipinski definition) is 6. The van der Waals surface area contributed by atoms with Crippen LogP contribution in [0.1, 0.15) is 41.0 Å². The summed E-state index contributed by atoms with van der Waals surface area (Å²) in [5, 5.41) is 16.1. The topological polar surface area (TPSA) is 119 Å². The van der Waals surface area contributed by atoms with Crippen molar-refractivity contribution in [3.63, 3.8) is 0 Å². The highest BCUT2D eigenvalue weighted by atomic mass is 16.5. The summed E-state index contributed by atoms with van der Waals surface area (Å²) in [4.78, 5) is 24.6. The van der Waals surface area contributed by atoms with Gasteiger partial charge in [-0.2, -0.15) is 5.10 Å². The van der Waals surface area contributed by atoms with Crippen molar-refractivity contribution in [1.82, 2.24) is 15.1 Å². The van der Waals surface area contributed by atoms with Gasteiger partial charge in [0, 0.05) is 29.3 Å². The van der Waals surface area contributed by atoms with Gasteiger partial charge < -0.3 is 20.9 Å². The molecule has 0 aliphatic rings. The molecule has 3 aromatic rings. The fraction of sp³-hybridized carbons (Fsp3) is 0.269. The lowest BCUT2D eigenvalue weighted by Gasteiger charge is -2.28. The van der Waals surface area contributed by atoms with Crippen LogP contribution in [0.15, 0.2) is 54.6 Å². The summed E-state index contributed by atoms with van der Waals surface area (Å²) in [5.41, 5.74) is 9.48. The molecule has 34 heavy (non-hydrogen) atoms. The van der Waals surface area contributed by atoms with Gasteiger partial charge in [0.25, 0.3) is 5.91 Å². The van der Waals surface area contributed by atoms with Crippen LogP contribution in [0.3, 0.4) is 0 Å². The van der Waals surface area contributed by atoms with Crippen LogP contribution in [0.5, 0.6) is 0 Å². The average Bonchev–Trinajstić information content (AvgIpc) is 3.21. The second-order valence-corrected chi connectivity index (χ2v) is 8.46. The third kappa shape index (κ3) is 5.90. The largest absolute Gasteiger partial charge is 0.467 e. The van der Waals surface area contributed by atoms with Crippen molar-refractivity contribution in [3.8, 4) is 23.1 Å². The lowest BCUT2D eigenvalue weighted by atomic mass is 9.95. The number of nitrogens with two attached hydrogens (primary N) is 1. The standard InChI is InChI=1S/C26H28N4O4/c1-26(2,27)23(25(33)34-4)28-24(32)20-13-9-18(10-14-20)6-5-17-7-11-19(12-8-17)22-15-21(16-31)29-30(22)3/h7-15,23,31H,16,27H2,1-4H3,(H,28,32). The Bertz CT molecular complexity index is 1230. The number of nitrogens with one attached hydrogen (secondary N) is 1. The Morgan fingerprint density at radius 1 is 1.12 bits per heavy atom. The van der Waals surface area contributed by atoms with Crippen molar-refractivity contribution >= 4 is 11.9 Å². The molecule has 3 rings (SSSR count). The fourth-order valence-corrected chi connectivity index (χ4v) is 3.33. The van der Waals surface area contributed by atoms with Gasteiger partial charge in [-0.1, -0.05) is 24.0 Å². The van der Waals surface area contributed by atoms with Crippen molar-refractivity contribution in [2.75, 3.05) is 7.11 Å². The molecule has 176 valence electrons. The SMILES string of the molecule is COC(=O)C(NC(=O)c1ccc(C#Cc2ccc(-c3cc(CO)nn3C)cc2)cc1)C(C)(C)N. The van der Waals surface area contributed by atoms with Gasteiger partial charge in [0.1, 0.15) is 6.04 Å². The Kier molecular flexibility index (Phi) is 7.51. The summed E-state index contributed by atoms with van der Waals surface area (Å²) < 4.78 is 6.47. The second-order valence-electron chi connectivity index (χ2n) is 8.46. The maximum atomic E-state index is 12.6. The van der Waals surface area contributed by atoms with Crippen LogP contribution in [0.4, 0.5) is 0 Å². The first-order chi connectivity index (χ1) is 16.1. The summed E-state index contributed by atoms with van der Waals surface area (Å²) in [7, 11) is 3.08. The van der Waals surface area contributed by atoms with E-state index in [1.165, 1.54) is 7.11 Å². The highest BCUT2D eigenvalue weighted by molar-refractivity contribution is 5.97. The number of benzene rings is 2. The van der Waals surface area contributed by atoms with E-state index in [0.717, 1.165) is 22.4 Å². The van der Waals surface area contributed by atoms with Crippen molar-refractivity contribution < 1.29 is 19.4 Å². The number of aliphatic hydroxyl groups is 1. The number of aryl methyl sites for hydroxylation is 1. The molecule has 1 heterocycles. The first-order valence-corrected chi connectivity index (χ1v) is 10.7. The van der Waals surface area contributed by atoms with Crippen LogP contribution >= 0.6 is 0 Å². The van der Waals surface area contributed by atoms with Gasteiger partial charge in [-0.3, -0.25) is 9.48 Å². The lowest BCUT2D eigenvalue weighted by Crippen LogP contribution is -2.59. The number of aromatic nitrogens is 2. The number of hydrogen-bond donors (Lipinski definition) is 3. The summed E-state index contributed by atoms with van der Waals surface area (Å²) >= 11 is 0. The predicted octanol–water partition coefficient (Wildman–Crippen LogP) is 1.99. The van der Waals surface area contributed by atoms with E-state index in [-0.39, 0.29) is 6.61 Å². The van der Waals surface area contributed by atoms with E-state index in [9.17, 15) is 14.7 Å². The molecule has 4 N–H and O–H groups in total. The molecule has 8 heteroatoms. The molecule has 0 saturated heterocycles. The zero-order valence-corrected chi connectivity index (χ0v) is 19.6. The summed E-state index contributed by atoms with van der Waals surface area (Å²) in [6.07, 6.45) is 0. The van der Waals surface area contributed by atoms with E-state index >= 15 is 0 Å². The van der Waals surface area contributed by atoms with Crippen molar-refractivity contribution in [2.24, 2.45) is 12.8 Å². The van der Waals surface area contributed by atoms with Crippen molar-refractivity contribution in [3.05, 3.63) is 77.0 Å². The van der Waals surface area contributed by atoms with E-state index in [4.69, 9.17) is 10.5 Å². The highest BCUT2D eigenvalue weighted by Gasteiger charge is 2.34. The number of carbonyl (C=O) groups excluding carboxylic acids is 2. The number of amides is 1. The third-order valence-electron chi connectivity index (χ3n) is 5.23. The molecule has 8 nitrogen and oxygen atoms in total. The first-order valence-electron chi connectivity index (χ1n) is 10.7. The molecule has 0 aliphatic carbocycles. The molecule has 0 spiro atoms. The Balaban J connectivity index is 1.69.